The molecule has 0 aliphatic carbocycles. The Morgan fingerprint density at radius 3 is 1.77 bits per heavy atom. The number of imidazole rings is 1. The smallest absolute Gasteiger partial charge is 0.145 e. The molecule has 2 aromatic heterocycles. The predicted molar refractivity (Wildman–Crippen MR) is 196 cm³/mol. The quantitative estimate of drug-likeness (QED) is 0.189. The van der Waals surface area contributed by atoms with Crippen LogP contribution in [0.15, 0.2) is 164 Å². The third-order valence-electron chi connectivity index (χ3n) is 9.53. The standard InChI is InChI=1S/C44H27N3/c1-2-10-37(11-3-1)47-40-14-5-4-13-39(40)46-44(47)30-17-15-28(16-18-30)35-24-31-19-21-33-26-36(27-34-22-20-32(25-35)41(31)42(33)34)38-12-6-8-29-9-7-23-45-43(29)38/h1-27H. The fourth-order valence-corrected chi connectivity index (χ4v) is 7.37. The molecule has 0 bridgehead atoms. The summed E-state index contributed by atoms with van der Waals surface area (Å²) < 4.78 is 2.25. The van der Waals surface area contributed by atoms with Crippen LogP contribution in [0.5, 0.6) is 0 Å². The second-order valence-electron chi connectivity index (χ2n) is 12.3. The highest BCUT2D eigenvalue weighted by Crippen LogP contribution is 2.40. The molecule has 3 nitrogen and oxygen atoms in total. The Morgan fingerprint density at radius 1 is 0.426 bits per heavy atom. The minimum atomic E-state index is 0.943. The lowest BCUT2D eigenvalue weighted by atomic mass is 9.89. The van der Waals surface area contributed by atoms with E-state index < -0.39 is 0 Å². The van der Waals surface area contributed by atoms with Crippen LogP contribution in [0.4, 0.5) is 0 Å². The number of hydrogen-bond acceptors (Lipinski definition) is 2. The van der Waals surface area contributed by atoms with Crippen LogP contribution in [0.3, 0.4) is 0 Å². The van der Waals surface area contributed by atoms with Crippen molar-refractivity contribution in [1.29, 1.82) is 0 Å². The Kier molecular flexibility index (Phi) is 5.57. The molecule has 0 saturated heterocycles. The van der Waals surface area contributed by atoms with Crippen molar-refractivity contribution in [2.24, 2.45) is 0 Å². The molecule has 0 aliphatic heterocycles. The molecular weight excluding hydrogens is 571 g/mol. The van der Waals surface area contributed by atoms with Crippen molar-refractivity contribution in [1.82, 2.24) is 14.5 Å². The lowest BCUT2D eigenvalue weighted by Crippen LogP contribution is -1.97. The number of rotatable bonds is 4. The van der Waals surface area contributed by atoms with Gasteiger partial charge in [-0.05, 0) is 104 Å². The summed E-state index contributed by atoms with van der Waals surface area (Å²) >= 11 is 0. The average Bonchev–Trinajstić information content (AvgIpc) is 3.53. The van der Waals surface area contributed by atoms with Gasteiger partial charge in [-0.1, -0.05) is 103 Å². The van der Waals surface area contributed by atoms with E-state index in [9.17, 15) is 0 Å². The van der Waals surface area contributed by atoms with Gasteiger partial charge < -0.3 is 0 Å². The van der Waals surface area contributed by atoms with Crippen molar-refractivity contribution in [2.45, 2.75) is 0 Å². The minimum Gasteiger partial charge on any atom is -0.292 e. The second-order valence-corrected chi connectivity index (χ2v) is 12.3. The van der Waals surface area contributed by atoms with Crippen LogP contribution < -0.4 is 0 Å². The van der Waals surface area contributed by atoms with Crippen molar-refractivity contribution in [2.75, 3.05) is 0 Å². The highest BCUT2D eigenvalue weighted by atomic mass is 15.1. The molecule has 0 saturated carbocycles. The first kappa shape index (κ1) is 26.0. The molecule has 0 fully saturated rings. The first-order chi connectivity index (χ1) is 23.3. The fraction of sp³-hybridized carbons (Fsp3) is 0. The number of para-hydroxylation sites is 4. The molecule has 2 heterocycles. The molecule has 10 aromatic rings. The summed E-state index contributed by atoms with van der Waals surface area (Å²) in [6.45, 7) is 0. The molecule has 0 spiro atoms. The normalized spacial score (nSPS) is 11.8. The van der Waals surface area contributed by atoms with Crippen LogP contribution in [0.25, 0.3) is 93.6 Å². The van der Waals surface area contributed by atoms with Crippen molar-refractivity contribution in [3.05, 3.63) is 164 Å². The van der Waals surface area contributed by atoms with Gasteiger partial charge in [-0.3, -0.25) is 9.55 Å². The van der Waals surface area contributed by atoms with E-state index in [1.54, 1.807) is 0 Å². The largest absolute Gasteiger partial charge is 0.292 e. The number of benzene rings is 8. The van der Waals surface area contributed by atoms with Crippen LogP contribution in [0.2, 0.25) is 0 Å². The van der Waals surface area contributed by atoms with Crippen LogP contribution in [0, 0.1) is 0 Å². The summed E-state index contributed by atoms with van der Waals surface area (Å²) in [4.78, 5) is 9.78. The van der Waals surface area contributed by atoms with Crippen molar-refractivity contribution in [3.8, 4) is 39.3 Å². The SMILES string of the molecule is c1ccc(-n2c(-c3ccc(-c4cc5ccc6cc(-c7cccc8cccnc78)cc7ccc(c4)c5c67)cc3)nc3ccccc32)cc1. The van der Waals surface area contributed by atoms with E-state index in [0.29, 0.717) is 0 Å². The van der Waals surface area contributed by atoms with Gasteiger partial charge in [0, 0.05) is 28.4 Å². The van der Waals surface area contributed by atoms with Crippen LogP contribution in [-0.2, 0) is 0 Å². The number of nitrogens with zero attached hydrogens (tertiary/aromatic N) is 3. The van der Waals surface area contributed by atoms with Gasteiger partial charge in [-0.2, -0.15) is 0 Å². The Hall–Kier alpha value is -6.32. The van der Waals surface area contributed by atoms with Gasteiger partial charge >= 0.3 is 0 Å². The van der Waals surface area contributed by atoms with Crippen molar-refractivity contribution < 1.29 is 0 Å². The van der Waals surface area contributed by atoms with Gasteiger partial charge in [0.2, 0.25) is 0 Å². The van der Waals surface area contributed by atoms with Gasteiger partial charge in [0.25, 0.3) is 0 Å². The monoisotopic (exact) mass is 597 g/mol. The zero-order valence-corrected chi connectivity index (χ0v) is 25.4. The van der Waals surface area contributed by atoms with E-state index in [1.165, 1.54) is 54.6 Å². The van der Waals surface area contributed by atoms with Crippen molar-refractivity contribution >= 4 is 54.3 Å². The molecule has 0 unspecified atom stereocenters. The van der Waals surface area contributed by atoms with E-state index in [-0.39, 0.29) is 0 Å². The molecule has 0 amide bonds. The number of aromatic nitrogens is 3. The predicted octanol–water partition coefficient (Wildman–Crippen LogP) is 11.5. The summed E-state index contributed by atoms with van der Waals surface area (Å²) in [5, 5.41) is 8.81. The maximum atomic E-state index is 5.06. The molecule has 0 aliphatic rings. The summed E-state index contributed by atoms with van der Waals surface area (Å²) in [6, 6.07) is 56.6. The zero-order chi connectivity index (χ0) is 30.9. The third-order valence-corrected chi connectivity index (χ3v) is 9.53. The Labute approximate surface area is 271 Å². The maximum Gasteiger partial charge on any atom is 0.145 e. The molecule has 0 atom stereocenters. The maximum absolute atomic E-state index is 5.06. The van der Waals surface area contributed by atoms with Gasteiger partial charge in [-0.25, -0.2) is 4.98 Å². The van der Waals surface area contributed by atoms with E-state index in [1.807, 2.05) is 24.4 Å². The van der Waals surface area contributed by atoms with E-state index in [2.05, 4.69) is 144 Å². The highest BCUT2D eigenvalue weighted by molar-refractivity contribution is 6.24. The summed E-state index contributed by atoms with van der Waals surface area (Å²) in [5.74, 6) is 0.943. The zero-order valence-electron chi connectivity index (χ0n) is 25.4. The second kappa shape index (κ2) is 10.1. The Balaban J connectivity index is 1.07. The molecule has 3 heteroatoms. The number of pyridine rings is 1. The van der Waals surface area contributed by atoms with E-state index in [0.717, 1.165) is 39.0 Å². The first-order valence-electron chi connectivity index (χ1n) is 16.0. The summed E-state index contributed by atoms with van der Waals surface area (Å²) in [7, 11) is 0. The van der Waals surface area contributed by atoms with E-state index in [4.69, 9.17) is 9.97 Å². The highest BCUT2D eigenvalue weighted by Gasteiger charge is 2.16. The number of hydrogen-bond donors (Lipinski definition) is 0. The lowest BCUT2D eigenvalue weighted by Gasteiger charge is -2.15. The van der Waals surface area contributed by atoms with Gasteiger partial charge in [-0.15, -0.1) is 0 Å². The first-order valence-corrected chi connectivity index (χ1v) is 16.0. The molecule has 0 N–H and O–H groups in total. The van der Waals surface area contributed by atoms with Gasteiger partial charge in [0.1, 0.15) is 5.82 Å². The lowest BCUT2D eigenvalue weighted by molar-refractivity contribution is 1.10. The topological polar surface area (TPSA) is 30.7 Å². The molecule has 47 heavy (non-hydrogen) atoms. The van der Waals surface area contributed by atoms with Gasteiger partial charge in [0.05, 0.1) is 16.6 Å². The molecule has 0 radical (unpaired) electrons. The van der Waals surface area contributed by atoms with Crippen LogP contribution >= 0.6 is 0 Å². The number of fused-ring (bicyclic) bond motifs is 2. The van der Waals surface area contributed by atoms with Crippen LogP contribution in [-0.4, -0.2) is 14.5 Å². The van der Waals surface area contributed by atoms with Gasteiger partial charge in [0.15, 0.2) is 0 Å². The van der Waals surface area contributed by atoms with Crippen LogP contribution in [0.1, 0.15) is 0 Å². The van der Waals surface area contributed by atoms with Crippen molar-refractivity contribution in [3.63, 3.8) is 0 Å². The fourth-order valence-electron chi connectivity index (χ4n) is 7.37. The average molecular weight is 598 g/mol. The summed E-state index contributed by atoms with van der Waals surface area (Å²) in [5.41, 5.74) is 10.1. The Bertz CT molecular complexity index is 2700. The molecule has 10 rings (SSSR count). The van der Waals surface area contributed by atoms with E-state index >= 15 is 0 Å². The molecule has 8 aromatic carbocycles. The summed E-state index contributed by atoms with van der Waals surface area (Å²) in [6.07, 6.45) is 1.88. The minimum absolute atomic E-state index is 0.943. The molecular formula is C44H27N3. The Morgan fingerprint density at radius 2 is 1.04 bits per heavy atom. The molecule has 218 valence electrons. The third kappa shape index (κ3) is 4.07.